The number of ether oxygens (including phenoxy) is 5. The molecule has 0 aromatic heterocycles. The van der Waals surface area contributed by atoms with E-state index in [2.05, 4.69) is 0 Å². The van der Waals surface area contributed by atoms with Crippen molar-refractivity contribution in [2.75, 3.05) is 13.3 Å². The lowest BCUT2D eigenvalue weighted by Crippen LogP contribution is -2.69. The summed E-state index contributed by atoms with van der Waals surface area (Å²) in [6, 6.07) is 0. The van der Waals surface area contributed by atoms with Gasteiger partial charge >= 0.3 is 17.9 Å². The maximum atomic E-state index is 13.4. The highest BCUT2D eigenvalue weighted by Gasteiger charge is 3.04. The summed E-state index contributed by atoms with van der Waals surface area (Å²) in [5.74, 6) is -3.74. The molecule has 33 heavy (non-hydrogen) atoms. The number of rotatable bonds is 3. The molecule has 0 radical (unpaired) electrons. The van der Waals surface area contributed by atoms with E-state index in [1.807, 2.05) is 20.8 Å². The van der Waals surface area contributed by atoms with Gasteiger partial charge in [-0.15, -0.1) is 0 Å². The average molecular weight is 471 g/mol. The lowest BCUT2D eigenvalue weighted by Gasteiger charge is -2.48. The summed E-state index contributed by atoms with van der Waals surface area (Å²) in [7, 11) is 0. The molecule has 4 saturated heterocycles. The second-order valence-electron chi connectivity index (χ2n) is 10.9. The van der Waals surface area contributed by atoms with E-state index in [-0.39, 0.29) is 6.42 Å². The summed E-state index contributed by atoms with van der Waals surface area (Å²) in [5.41, 5.74) is -9.28. The highest BCUT2D eigenvalue weighted by molar-refractivity contribution is 5.94. The molecular weight excluding hydrogens is 446 g/mol. The summed E-state index contributed by atoms with van der Waals surface area (Å²) >= 11 is 0. The maximum absolute atomic E-state index is 13.4. The van der Waals surface area contributed by atoms with Gasteiger partial charge in [0.25, 0.3) is 0 Å². The first-order valence-electron chi connectivity index (χ1n) is 10.9. The van der Waals surface area contributed by atoms with Gasteiger partial charge < -0.3 is 39.0 Å². The zero-order valence-electron chi connectivity index (χ0n) is 18.1. The lowest BCUT2D eigenvalue weighted by atomic mass is 9.51. The summed E-state index contributed by atoms with van der Waals surface area (Å²) in [5, 5.41) is 34.1. The third-order valence-corrected chi connectivity index (χ3v) is 8.96. The molecule has 2 aliphatic carbocycles. The van der Waals surface area contributed by atoms with Crippen LogP contribution in [0.5, 0.6) is 0 Å². The molecule has 6 aliphatic rings. The molecule has 12 heteroatoms. The number of hydrogen-bond donors (Lipinski definition) is 3. The largest absolute Gasteiger partial charge is 0.459 e. The minimum atomic E-state index is -2.71. The molecule has 6 rings (SSSR count). The van der Waals surface area contributed by atoms with Gasteiger partial charge in [0.15, 0.2) is 23.9 Å². The quantitative estimate of drug-likeness (QED) is 0.320. The van der Waals surface area contributed by atoms with E-state index in [1.165, 1.54) is 0 Å². The fourth-order valence-electron chi connectivity index (χ4n) is 8.22. The first kappa shape index (κ1) is 21.7. The Morgan fingerprint density at radius 3 is 2.45 bits per heavy atom. The van der Waals surface area contributed by atoms with Crippen LogP contribution in [0, 0.1) is 22.2 Å². The van der Waals surface area contributed by atoms with Crippen LogP contribution in [-0.2, 0) is 38.1 Å². The van der Waals surface area contributed by atoms with Crippen molar-refractivity contribution in [3.05, 3.63) is 0 Å². The molecule has 4 aliphatic heterocycles. The van der Waals surface area contributed by atoms with Crippen LogP contribution in [-0.4, -0.2) is 94.5 Å². The van der Waals surface area contributed by atoms with Gasteiger partial charge in [0.05, 0.1) is 17.4 Å². The van der Waals surface area contributed by atoms with Crippen molar-refractivity contribution in [1.82, 2.24) is 0 Å². The molecule has 2 saturated carbocycles. The molecule has 0 aromatic carbocycles. The number of fused-ring (bicyclic) bond motifs is 1. The van der Waals surface area contributed by atoms with Crippen molar-refractivity contribution in [3.63, 3.8) is 0 Å². The zero-order valence-corrected chi connectivity index (χ0v) is 18.1. The Kier molecular flexibility index (Phi) is 3.84. The van der Waals surface area contributed by atoms with Gasteiger partial charge in [-0.1, -0.05) is 20.8 Å². The fourth-order valence-corrected chi connectivity index (χ4v) is 8.22. The van der Waals surface area contributed by atoms with E-state index in [1.54, 1.807) is 0 Å². The van der Waals surface area contributed by atoms with Crippen molar-refractivity contribution >= 4 is 17.9 Å². The Hall–Kier alpha value is -1.86. The summed E-state index contributed by atoms with van der Waals surface area (Å²) in [6.07, 6.45) is -9.64. The van der Waals surface area contributed by atoms with Gasteiger partial charge in [0.2, 0.25) is 11.9 Å². The van der Waals surface area contributed by atoms with Crippen LogP contribution in [0.3, 0.4) is 0 Å². The van der Waals surface area contributed by atoms with Gasteiger partial charge in [-0.2, -0.15) is 0 Å². The number of esters is 3. The average Bonchev–Trinajstić information content (AvgIpc) is 3.44. The van der Waals surface area contributed by atoms with Gasteiger partial charge in [0, 0.05) is 0 Å². The molecule has 4 heterocycles. The fraction of sp³-hybridized carbons (Fsp3) is 0.857. The Morgan fingerprint density at radius 1 is 1.12 bits per heavy atom. The van der Waals surface area contributed by atoms with Crippen molar-refractivity contribution in [2.45, 2.75) is 75.2 Å². The Balaban J connectivity index is 1.68. The molecular formula is C21H25FO11. The van der Waals surface area contributed by atoms with Crippen LogP contribution in [0.1, 0.15) is 27.2 Å². The number of carbonyl (C=O) groups is 3. The molecule has 6 unspecified atom stereocenters. The second kappa shape index (κ2) is 5.85. The highest BCUT2D eigenvalue weighted by atomic mass is 18.2. The van der Waals surface area contributed by atoms with Gasteiger partial charge in [-0.25, -0.2) is 18.8 Å². The van der Waals surface area contributed by atoms with Crippen molar-refractivity contribution < 1.29 is 57.8 Å². The molecule has 3 N–H and O–H groups in total. The van der Waals surface area contributed by atoms with E-state index < -0.39 is 101 Å². The van der Waals surface area contributed by atoms with Crippen molar-refractivity contribution in [3.8, 4) is 0 Å². The number of alkyl halides is 1. The van der Waals surface area contributed by atoms with E-state index in [0.717, 1.165) is 0 Å². The number of halogens is 1. The van der Waals surface area contributed by atoms with E-state index in [9.17, 15) is 34.1 Å². The molecule has 0 aromatic rings. The van der Waals surface area contributed by atoms with Crippen molar-refractivity contribution in [2.24, 2.45) is 22.2 Å². The molecule has 11 atom stereocenters. The van der Waals surface area contributed by atoms with Gasteiger partial charge in [-0.05, 0) is 17.8 Å². The van der Waals surface area contributed by atoms with E-state index in [4.69, 9.17) is 23.7 Å². The van der Waals surface area contributed by atoms with Crippen LogP contribution in [0.2, 0.25) is 0 Å². The Morgan fingerprint density at radius 2 is 1.82 bits per heavy atom. The lowest BCUT2D eigenvalue weighted by molar-refractivity contribution is -0.245. The van der Waals surface area contributed by atoms with Crippen LogP contribution in [0.15, 0.2) is 0 Å². The van der Waals surface area contributed by atoms with Crippen LogP contribution in [0.25, 0.3) is 0 Å². The summed E-state index contributed by atoms with van der Waals surface area (Å²) in [4.78, 5) is 38.7. The van der Waals surface area contributed by atoms with E-state index >= 15 is 0 Å². The first-order chi connectivity index (χ1) is 15.4. The number of carbonyl (C=O) groups excluding carboxylic acids is 3. The van der Waals surface area contributed by atoms with Crippen LogP contribution < -0.4 is 0 Å². The zero-order chi connectivity index (χ0) is 23.9. The molecule has 6 fully saturated rings. The molecule has 182 valence electrons. The monoisotopic (exact) mass is 471 g/mol. The standard InChI is InChI=1S/C21H25FO11/c1-17(2,3)7-6-8-19-9(23)11-20(28,10(24)13(25)31-11)21(19,15(27)30-8)33-16-18(7,19)12(14(26)32-16)29-5-4-22/h7-12,16,23-24,28H,4-6H2,1-3H3/t7-,8?,9+,10+,11?,12-,16?,18?,19?,20+,21?/m0/s1/i22-1. The van der Waals surface area contributed by atoms with Crippen LogP contribution >= 0.6 is 0 Å². The first-order valence-corrected chi connectivity index (χ1v) is 10.9. The SMILES string of the molecule is CC(C)(C)[C@@H]1CC2OC(=O)C34OC5OC(=O)[C@H](OCC[18F])C51C23[C@H](O)C1OC(=O)[C@@H](O)[C@@]14O. The van der Waals surface area contributed by atoms with Crippen molar-refractivity contribution in [1.29, 1.82) is 0 Å². The third kappa shape index (κ3) is 1.77. The van der Waals surface area contributed by atoms with E-state index in [0.29, 0.717) is 0 Å². The minimum Gasteiger partial charge on any atom is -0.459 e. The molecule has 0 amide bonds. The highest BCUT2D eigenvalue weighted by Crippen LogP contribution is 2.84. The van der Waals surface area contributed by atoms with Gasteiger partial charge in [0.1, 0.15) is 18.9 Å². The molecule has 2 spiro atoms. The predicted molar refractivity (Wildman–Crippen MR) is 98.6 cm³/mol. The maximum Gasteiger partial charge on any atom is 0.343 e. The Bertz CT molecular complexity index is 980. The third-order valence-electron chi connectivity index (χ3n) is 8.96. The smallest absolute Gasteiger partial charge is 0.343 e. The minimum absolute atomic E-state index is 0.146. The molecule has 0 bridgehead atoms. The topological polar surface area (TPSA) is 158 Å². The number of aliphatic hydroxyl groups is 3. The second-order valence-corrected chi connectivity index (χ2v) is 10.9. The Labute approximate surface area is 187 Å². The number of hydrogen-bond acceptors (Lipinski definition) is 11. The van der Waals surface area contributed by atoms with Crippen LogP contribution in [0.4, 0.5) is 4.39 Å². The predicted octanol–water partition coefficient (Wildman–Crippen LogP) is -1.65. The summed E-state index contributed by atoms with van der Waals surface area (Å²) < 4.78 is 41.2. The number of aliphatic hydroxyl groups excluding tert-OH is 2. The molecule has 11 nitrogen and oxygen atoms in total. The summed E-state index contributed by atoms with van der Waals surface area (Å²) in [6.45, 7) is 4.26. The van der Waals surface area contributed by atoms with Gasteiger partial charge in [-0.3, -0.25) is 0 Å². The normalized spacial score (nSPS) is 55.7.